The largest absolute Gasteiger partial charge is 0.384 e. The van der Waals surface area contributed by atoms with Crippen LogP contribution in [-0.4, -0.2) is 60.7 Å². The minimum atomic E-state index is -3.64. The number of aliphatic hydroxyl groups is 1. The average molecular weight is 368 g/mol. The first-order valence-corrected chi connectivity index (χ1v) is 8.15. The predicted octanol–water partition coefficient (Wildman–Crippen LogP) is -0.500. The smallest absolute Gasteiger partial charge is 0.351 e. The van der Waals surface area contributed by atoms with Crippen molar-refractivity contribution in [2.45, 2.75) is 37.3 Å². The molecule has 0 spiro atoms. The molecule has 11 heteroatoms. The van der Waals surface area contributed by atoms with Crippen LogP contribution in [0.1, 0.15) is 17.6 Å². The third kappa shape index (κ3) is 2.77. The number of nitrogens with one attached hydrogen (secondary N) is 1. The third-order valence-corrected chi connectivity index (χ3v) is 4.78. The Morgan fingerprint density at radius 3 is 3.08 bits per heavy atom. The number of imidazole rings is 1. The minimum Gasteiger partial charge on any atom is -0.384 e. The van der Waals surface area contributed by atoms with Gasteiger partial charge in [0.25, 0.3) is 0 Å². The molecule has 1 fully saturated rings. The van der Waals surface area contributed by atoms with Crippen molar-refractivity contribution in [1.29, 1.82) is 0 Å². The molecule has 0 aromatic carbocycles. The zero-order valence-corrected chi connectivity index (χ0v) is 13.7. The van der Waals surface area contributed by atoms with E-state index in [9.17, 15) is 18.7 Å². The summed E-state index contributed by atoms with van der Waals surface area (Å²) < 4.78 is 35.1. The van der Waals surface area contributed by atoms with Crippen LogP contribution < -0.4 is 11.4 Å². The maximum Gasteiger partial charge on any atom is 0.351 e. The number of nitrogens with two attached hydrogens (primary N) is 1. The van der Waals surface area contributed by atoms with E-state index >= 15 is 0 Å². The number of hydrogen-bond acceptors (Lipinski definition) is 7. The highest BCUT2D eigenvalue weighted by Gasteiger charge is 2.59. The second-order valence-electron chi connectivity index (χ2n) is 6.50. The minimum absolute atomic E-state index is 0.0756. The number of alkyl halides is 2. The monoisotopic (exact) mass is 368 g/mol. The summed E-state index contributed by atoms with van der Waals surface area (Å²) >= 11 is 0. The van der Waals surface area contributed by atoms with Gasteiger partial charge >= 0.3 is 11.6 Å². The van der Waals surface area contributed by atoms with Crippen LogP contribution in [-0.2, 0) is 17.7 Å². The van der Waals surface area contributed by atoms with Crippen molar-refractivity contribution in [3.05, 3.63) is 40.5 Å². The van der Waals surface area contributed by atoms with E-state index in [4.69, 9.17) is 10.5 Å². The molecule has 26 heavy (non-hydrogen) atoms. The Balaban J connectivity index is 1.53. The summed E-state index contributed by atoms with van der Waals surface area (Å²) in [6.07, 6.45) is -1.75. The van der Waals surface area contributed by atoms with Gasteiger partial charge in [0.15, 0.2) is 0 Å². The van der Waals surface area contributed by atoms with Crippen LogP contribution in [0.3, 0.4) is 0 Å². The quantitative estimate of drug-likeness (QED) is 0.668. The number of anilines is 1. The van der Waals surface area contributed by atoms with E-state index < -0.39 is 30.0 Å². The Kier molecular flexibility index (Phi) is 4.01. The lowest BCUT2D eigenvalue weighted by Crippen LogP contribution is -2.44. The SMILES string of the molecule is Nc1ccn([C@@H]2O[C@H](CN3CCc4nc[nH]c4C3)[C@@H](O)C2(F)F)c(=O)n1. The van der Waals surface area contributed by atoms with Crippen molar-refractivity contribution in [1.82, 2.24) is 24.4 Å². The van der Waals surface area contributed by atoms with Gasteiger partial charge in [-0.25, -0.2) is 9.78 Å². The molecule has 0 bridgehead atoms. The lowest BCUT2D eigenvalue weighted by atomic mass is 10.1. The van der Waals surface area contributed by atoms with Crippen LogP contribution in [0.2, 0.25) is 0 Å². The van der Waals surface area contributed by atoms with Gasteiger partial charge in [0, 0.05) is 32.3 Å². The van der Waals surface area contributed by atoms with E-state index in [2.05, 4.69) is 15.0 Å². The second-order valence-corrected chi connectivity index (χ2v) is 6.50. The van der Waals surface area contributed by atoms with Gasteiger partial charge in [0.2, 0.25) is 6.23 Å². The molecule has 2 aromatic heterocycles. The van der Waals surface area contributed by atoms with Gasteiger partial charge in [-0.05, 0) is 6.07 Å². The summed E-state index contributed by atoms with van der Waals surface area (Å²) in [5.41, 5.74) is 6.31. The van der Waals surface area contributed by atoms with Crippen LogP contribution in [0.25, 0.3) is 0 Å². The van der Waals surface area contributed by atoms with Gasteiger partial charge in [-0.3, -0.25) is 9.47 Å². The second kappa shape index (κ2) is 6.11. The van der Waals surface area contributed by atoms with Crippen LogP contribution in [0.4, 0.5) is 14.6 Å². The topological polar surface area (TPSA) is 122 Å². The molecule has 3 atom stereocenters. The summed E-state index contributed by atoms with van der Waals surface area (Å²) in [6.45, 7) is 1.22. The first kappa shape index (κ1) is 17.1. The van der Waals surface area contributed by atoms with Crippen LogP contribution >= 0.6 is 0 Å². The zero-order valence-electron chi connectivity index (χ0n) is 13.7. The summed E-state index contributed by atoms with van der Waals surface area (Å²) in [4.78, 5) is 24.4. The number of halogens is 2. The van der Waals surface area contributed by atoms with E-state index in [1.54, 1.807) is 6.33 Å². The summed E-state index contributed by atoms with van der Waals surface area (Å²) in [6, 6.07) is 1.23. The molecular weight excluding hydrogens is 350 g/mol. The molecule has 1 saturated heterocycles. The number of ether oxygens (including phenoxy) is 1. The lowest BCUT2D eigenvalue weighted by Gasteiger charge is -2.29. The van der Waals surface area contributed by atoms with Crippen LogP contribution in [0, 0.1) is 0 Å². The van der Waals surface area contributed by atoms with Gasteiger partial charge in [0.1, 0.15) is 18.0 Å². The number of hydrogen-bond donors (Lipinski definition) is 3. The van der Waals surface area contributed by atoms with Gasteiger partial charge in [-0.1, -0.05) is 0 Å². The first-order chi connectivity index (χ1) is 12.4. The number of nitrogen functional groups attached to an aromatic ring is 1. The van der Waals surface area contributed by atoms with Gasteiger partial charge in [0.05, 0.1) is 17.7 Å². The number of aliphatic hydroxyl groups excluding tert-OH is 1. The molecule has 2 aromatic rings. The van der Waals surface area contributed by atoms with E-state index in [-0.39, 0.29) is 12.4 Å². The first-order valence-electron chi connectivity index (χ1n) is 8.15. The third-order valence-electron chi connectivity index (χ3n) is 4.78. The highest BCUT2D eigenvalue weighted by atomic mass is 19.3. The maximum atomic E-state index is 14.5. The Labute approximate surface area is 146 Å². The molecule has 0 unspecified atom stereocenters. The van der Waals surface area contributed by atoms with E-state index in [1.807, 2.05) is 4.90 Å². The fourth-order valence-corrected chi connectivity index (χ4v) is 3.40. The number of rotatable bonds is 3. The molecule has 9 nitrogen and oxygen atoms in total. The molecule has 4 N–H and O–H groups in total. The summed E-state index contributed by atoms with van der Waals surface area (Å²) in [5.74, 6) is -3.71. The van der Waals surface area contributed by atoms with Gasteiger partial charge < -0.3 is 20.6 Å². The van der Waals surface area contributed by atoms with E-state index in [1.165, 1.54) is 6.07 Å². The van der Waals surface area contributed by atoms with Crippen molar-refractivity contribution in [3.63, 3.8) is 0 Å². The standard InChI is InChI=1S/C15H18F2N6O3/c16-15(17)12(24)10(6-22-3-1-8-9(5-22)20-7-19-8)26-13(15)23-4-2-11(18)21-14(23)25/h2,4,7,10,12-13,24H,1,3,5-6H2,(H,19,20)(H2,18,21,25)/t10-,12-,13-/m1/s1. The number of H-pyrrole nitrogens is 1. The van der Waals surface area contributed by atoms with Crippen molar-refractivity contribution in [2.24, 2.45) is 0 Å². The normalized spacial score (nSPS) is 28.2. The summed E-state index contributed by atoms with van der Waals surface area (Å²) in [7, 11) is 0. The molecule has 0 saturated carbocycles. The van der Waals surface area contributed by atoms with Crippen molar-refractivity contribution in [2.75, 3.05) is 18.8 Å². The van der Waals surface area contributed by atoms with Gasteiger partial charge in [-0.15, -0.1) is 0 Å². The fourth-order valence-electron chi connectivity index (χ4n) is 3.40. The van der Waals surface area contributed by atoms with Crippen LogP contribution in [0.15, 0.2) is 23.4 Å². The Hall–Kier alpha value is -2.37. The number of nitrogens with zero attached hydrogens (tertiary/aromatic N) is 4. The predicted molar refractivity (Wildman–Crippen MR) is 85.3 cm³/mol. The lowest BCUT2D eigenvalue weighted by molar-refractivity contribution is -0.140. The zero-order chi connectivity index (χ0) is 18.5. The average Bonchev–Trinajstić information content (AvgIpc) is 3.13. The Bertz CT molecular complexity index is 869. The molecule has 0 aliphatic carbocycles. The van der Waals surface area contributed by atoms with Crippen molar-refractivity contribution < 1.29 is 18.6 Å². The highest BCUT2D eigenvalue weighted by Crippen LogP contribution is 2.42. The van der Waals surface area contributed by atoms with E-state index in [0.717, 1.165) is 17.6 Å². The van der Waals surface area contributed by atoms with Gasteiger partial charge in [-0.2, -0.15) is 13.8 Å². The molecule has 0 amide bonds. The fraction of sp³-hybridized carbons (Fsp3) is 0.533. The van der Waals surface area contributed by atoms with Crippen LogP contribution in [0.5, 0.6) is 0 Å². The number of fused-ring (bicyclic) bond motifs is 1. The van der Waals surface area contributed by atoms with Crippen molar-refractivity contribution in [3.8, 4) is 0 Å². The van der Waals surface area contributed by atoms with Crippen molar-refractivity contribution >= 4 is 5.82 Å². The molecule has 2 aliphatic heterocycles. The molecule has 4 rings (SSSR count). The molecule has 4 heterocycles. The molecule has 140 valence electrons. The van der Waals surface area contributed by atoms with E-state index in [0.29, 0.717) is 24.1 Å². The molecule has 2 aliphatic rings. The molecule has 0 radical (unpaired) electrons. The highest BCUT2D eigenvalue weighted by molar-refractivity contribution is 5.23. The Morgan fingerprint density at radius 2 is 2.31 bits per heavy atom. The molecular formula is C15H18F2N6O3. The number of aromatic nitrogens is 4. The summed E-state index contributed by atoms with van der Waals surface area (Å²) in [5, 5.41) is 10.1. The maximum absolute atomic E-state index is 14.5. The Morgan fingerprint density at radius 1 is 1.50 bits per heavy atom. The number of aromatic amines is 1.